The summed E-state index contributed by atoms with van der Waals surface area (Å²) in [4.78, 5) is 24.3. The summed E-state index contributed by atoms with van der Waals surface area (Å²) in [5, 5.41) is 9.40. The Bertz CT molecular complexity index is 652. The van der Waals surface area contributed by atoms with Crippen molar-refractivity contribution in [3.05, 3.63) is 45.4 Å². The van der Waals surface area contributed by atoms with Gasteiger partial charge in [0.25, 0.3) is 5.56 Å². The number of hydrogen-bond acceptors (Lipinski definition) is 2. The van der Waals surface area contributed by atoms with Crippen molar-refractivity contribution in [1.82, 2.24) is 4.57 Å². The van der Waals surface area contributed by atoms with Gasteiger partial charge in [0.2, 0.25) is 0 Å². The van der Waals surface area contributed by atoms with Gasteiger partial charge in [0.1, 0.15) is 5.56 Å². The van der Waals surface area contributed by atoms with Gasteiger partial charge in [0.05, 0.1) is 0 Å². The van der Waals surface area contributed by atoms with Gasteiger partial charge in [-0.3, -0.25) is 4.79 Å². The summed E-state index contributed by atoms with van der Waals surface area (Å²) >= 11 is 0. The summed E-state index contributed by atoms with van der Waals surface area (Å²) in [6.07, 6.45) is 12.5. The van der Waals surface area contributed by atoms with Gasteiger partial charge >= 0.3 is 5.97 Å². The molecule has 1 saturated carbocycles. The highest BCUT2D eigenvalue weighted by Gasteiger charge is 2.21. The molecule has 1 aliphatic rings. The van der Waals surface area contributed by atoms with Crippen molar-refractivity contribution in [3.8, 4) is 0 Å². The first-order valence-electron chi connectivity index (χ1n) is 9.18. The molecule has 1 N–H and O–H groups in total. The van der Waals surface area contributed by atoms with Gasteiger partial charge in [-0.25, -0.2) is 4.79 Å². The van der Waals surface area contributed by atoms with Crippen LogP contribution in [-0.2, 0) is 19.4 Å². The van der Waals surface area contributed by atoms with E-state index in [1.54, 1.807) is 10.6 Å². The number of rotatable bonds is 7. The number of hydrogen-bond donors (Lipinski definition) is 1. The standard InChI is InChI=1S/C20H29NO3/c1-3-5-7-12-18-16(4-2)13-17(20(23)24)19(22)21(18)14-15-10-8-6-9-11-15/h3,5,13,15H,4,6-12,14H2,1-2H3,(H,23,24)/b5-3+. The van der Waals surface area contributed by atoms with Crippen LogP contribution in [0, 0.1) is 5.92 Å². The van der Waals surface area contributed by atoms with Crippen LogP contribution in [0.3, 0.4) is 0 Å². The molecule has 0 spiro atoms. The Hall–Kier alpha value is -1.84. The lowest BCUT2D eigenvalue weighted by molar-refractivity contribution is 0.0693. The monoisotopic (exact) mass is 331 g/mol. The van der Waals surface area contributed by atoms with E-state index in [0.29, 0.717) is 12.5 Å². The number of aryl methyl sites for hydroxylation is 1. The summed E-state index contributed by atoms with van der Waals surface area (Å²) < 4.78 is 1.78. The molecule has 0 unspecified atom stereocenters. The Kier molecular flexibility index (Phi) is 6.83. The SMILES string of the molecule is C/C=C/CCc1c(CC)cc(C(=O)O)c(=O)n1CC1CCCCC1. The fourth-order valence-corrected chi connectivity index (χ4v) is 3.72. The van der Waals surface area contributed by atoms with Crippen LogP contribution in [0.5, 0.6) is 0 Å². The zero-order valence-corrected chi connectivity index (χ0v) is 14.9. The van der Waals surface area contributed by atoms with Crippen LogP contribution in [0.2, 0.25) is 0 Å². The minimum Gasteiger partial charge on any atom is -0.477 e. The lowest BCUT2D eigenvalue weighted by Gasteiger charge is -2.25. The van der Waals surface area contributed by atoms with Crippen LogP contribution in [0.25, 0.3) is 0 Å². The van der Waals surface area contributed by atoms with Gasteiger partial charge in [-0.2, -0.15) is 0 Å². The van der Waals surface area contributed by atoms with E-state index in [2.05, 4.69) is 6.08 Å². The molecular formula is C20H29NO3. The molecule has 1 aromatic heterocycles. The third-order valence-corrected chi connectivity index (χ3v) is 5.05. The predicted octanol–water partition coefficient (Wildman–Crippen LogP) is 4.20. The van der Waals surface area contributed by atoms with Gasteiger partial charge < -0.3 is 9.67 Å². The van der Waals surface area contributed by atoms with Crippen LogP contribution in [-0.4, -0.2) is 15.6 Å². The van der Waals surface area contributed by atoms with Gasteiger partial charge in [-0.05, 0) is 56.6 Å². The molecule has 0 radical (unpaired) electrons. The fraction of sp³-hybridized carbons (Fsp3) is 0.600. The number of carbonyl (C=O) groups is 1. The number of pyridine rings is 1. The van der Waals surface area contributed by atoms with Crippen molar-refractivity contribution in [2.45, 2.75) is 71.8 Å². The Balaban J connectivity index is 2.45. The molecule has 1 heterocycles. The van der Waals surface area contributed by atoms with E-state index in [4.69, 9.17) is 0 Å². The average Bonchev–Trinajstić information content (AvgIpc) is 2.58. The van der Waals surface area contributed by atoms with Gasteiger partial charge in [0.15, 0.2) is 0 Å². The summed E-state index contributed by atoms with van der Waals surface area (Å²) in [5.74, 6) is -0.627. The highest BCUT2D eigenvalue weighted by molar-refractivity contribution is 5.87. The van der Waals surface area contributed by atoms with Crippen molar-refractivity contribution < 1.29 is 9.90 Å². The average molecular weight is 331 g/mol. The molecule has 132 valence electrons. The summed E-state index contributed by atoms with van der Waals surface area (Å²) in [7, 11) is 0. The number of aromatic carboxylic acids is 1. The molecular weight excluding hydrogens is 302 g/mol. The molecule has 0 saturated heterocycles. The van der Waals surface area contributed by atoms with E-state index in [-0.39, 0.29) is 11.1 Å². The predicted molar refractivity (Wildman–Crippen MR) is 96.7 cm³/mol. The summed E-state index contributed by atoms with van der Waals surface area (Å²) in [6, 6.07) is 1.59. The molecule has 1 aromatic rings. The maximum Gasteiger partial charge on any atom is 0.341 e. The maximum absolute atomic E-state index is 12.8. The van der Waals surface area contributed by atoms with Crippen molar-refractivity contribution in [2.75, 3.05) is 0 Å². The minimum atomic E-state index is -1.12. The van der Waals surface area contributed by atoms with Crippen LogP contribution in [0.1, 0.15) is 74.0 Å². The van der Waals surface area contributed by atoms with Crippen molar-refractivity contribution in [1.29, 1.82) is 0 Å². The third kappa shape index (κ3) is 4.37. The Morgan fingerprint density at radius 2 is 2.04 bits per heavy atom. The van der Waals surface area contributed by atoms with Crippen LogP contribution in [0.15, 0.2) is 23.0 Å². The van der Waals surface area contributed by atoms with E-state index in [0.717, 1.165) is 43.4 Å². The van der Waals surface area contributed by atoms with Crippen LogP contribution in [0.4, 0.5) is 0 Å². The van der Waals surface area contributed by atoms with Gasteiger partial charge in [0, 0.05) is 12.2 Å². The molecule has 1 aliphatic carbocycles. The number of aromatic nitrogens is 1. The zero-order valence-electron chi connectivity index (χ0n) is 14.9. The molecule has 0 aromatic carbocycles. The molecule has 0 amide bonds. The van der Waals surface area contributed by atoms with E-state index in [9.17, 15) is 14.7 Å². The Morgan fingerprint density at radius 3 is 2.62 bits per heavy atom. The lowest BCUT2D eigenvalue weighted by atomic mass is 9.89. The molecule has 0 atom stereocenters. The highest BCUT2D eigenvalue weighted by Crippen LogP contribution is 2.26. The van der Waals surface area contributed by atoms with E-state index in [1.807, 2.05) is 19.9 Å². The third-order valence-electron chi connectivity index (χ3n) is 5.05. The van der Waals surface area contributed by atoms with Gasteiger partial charge in [-0.15, -0.1) is 0 Å². The number of allylic oxidation sites excluding steroid dienone is 2. The van der Waals surface area contributed by atoms with E-state index in [1.165, 1.54) is 19.3 Å². The Morgan fingerprint density at radius 1 is 1.33 bits per heavy atom. The first-order chi connectivity index (χ1) is 11.6. The first kappa shape index (κ1) is 18.5. The highest BCUT2D eigenvalue weighted by atomic mass is 16.4. The summed E-state index contributed by atoms with van der Waals surface area (Å²) in [5.41, 5.74) is 1.60. The van der Waals surface area contributed by atoms with Crippen molar-refractivity contribution >= 4 is 5.97 Å². The zero-order chi connectivity index (χ0) is 17.5. The molecule has 24 heavy (non-hydrogen) atoms. The molecule has 0 aliphatic heterocycles. The topological polar surface area (TPSA) is 59.3 Å². The smallest absolute Gasteiger partial charge is 0.341 e. The summed E-state index contributed by atoms with van der Waals surface area (Å²) in [6.45, 7) is 4.68. The molecule has 1 fully saturated rings. The number of nitrogens with zero attached hydrogens (tertiary/aromatic N) is 1. The second-order valence-electron chi connectivity index (χ2n) is 6.72. The van der Waals surface area contributed by atoms with Gasteiger partial charge in [-0.1, -0.05) is 38.3 Å². The second kappa shape index (κ2) is 8.86. The fourth-order valence-electron chi connectivity index (χ4n) is 3.72. The molecule has 4 heteroatoms. The molecule has 0 bridgehead atoms. The second-order valence-corrected chi connectivity index (χ2v) is 6.72. The quantitative estimate of drug-likeness (QED) is 0.762. The Labute approximate surface area is 144 Å². The lowest BCUT2D eigenvalue weighted by Crippen LogP contribution is -2.33. The van der Waals surface area contributed by atoms with Crippen molar-refractivity contribution in [3.63, 3.8) is 0 Å². The molecule has 4 nitrogen and oxygen atoms in total. The molecule has 2 rings (SSSR count). The van der Waals surface area contributed by atoms with Crippen LogP contribution < -0.4 is 5.56 Å². The number of carboxylic acids is 1. The largest absolute Gasteiger partial charge is 0.477 e. The van der Waals surface area contributed by atoms with E-state index >= 15 is 0 Å². The first-order valence-corrected chi connectivity index (χ1v) is 9.18. The normalized spacial score (nSPS) is 15.9. The minimum absolute atomic E-state index is 0.0857. The van der Waals surface area contributed by atoms with E-state index < -0.39 is 5.97 Å². The van der Waals surface area contributed by atoms with Crippen molar-refractivity contribution in [2.24, 2.45) is 5.92 Å². The number of carboxylic acid groups (broad SMARTS) is 1. The maximum atomic E-state index is 12.8. The van der Waals surface area contributed by atoms with Crippen LogP contribution >= 0.6 is 0 Å².